The van der Waals surface area contributed by atoms with E-state index in [2.05, 4.69) is 38.4 Å². The molecule has 4 heteroatoms. The highest BCUT2D eigenvalue weighted by molar-refractivity contribution is 9.10. The molecule has 0 aliphatic carbocycles. The zero-order valence-electron chi connectivity index (χ0n) is 10.7. The highest BCUT2D eigenvalue weighted by atomic mass is 79.9. The number of fused-ring (bicyclic) bond motifs is 1. The van der Waals surface area contributed by atoms with E-state index >= 15 is 0 Å². The number of halogens is 1. The monoisotopic (exact) mass is 325 g/mol. The van der Waals surface area contributed by atoms with Gasteiger partial charge in [0.1, 0.15) is 17.5 Å². The van der Waals surface area contributed by atoms with Crippen LogP contribution in [0.5, 0.6) is 0 Å². The molecule has 1 aromatic heterocycles. The van der Waals surface area contributed by atoms with Crippen LogP contribution in [-0.4, -0.2) is 4.98 Å². The fraction of sp³-hybridized carbons (Fsp3) is 0.0625. The number of anilines is 1. The van der Waals surface area contributed by atoms with Crippen LogP contribution >= 0.6 is 15.9 Å². The summed E-state index contributed by atoms with van der Waals surface area (Å²) in [6, 6.07) is 18.2. The molecule has 3 aromatic rings. The van der Waals surface area contributed by atoms with E-state index in [1.54, 1.807) is 0 Å². The van der Waals surface area contributed by atoms with Crippen molar-refractivity contribution in [2.45, 2.75) is 6.54 Å². The third-order valence-electron chi connectivity index (χ3n) is 3.18. The number of nitrogens with one attached hydrogen (secondary N) is 2. The molecule has 1 heterocycles. The molecule has 0 bridgehead atoms. The fourth-order valence-electron chi connectivity index (χ4n) is 2.23. The van der Waals surface area contributed by atoms with Gasteiger partial charge in [-0.1, -0.05) is 46.3 Å². The van der Waals surface area contributed by atoms with Gasteiger partial charge in [-0.05, 0) is 23.8 Å². The lowest BCUT2D eigenvalue weighted by molar-refractivity contribution is 1.12. The van der Waals surface area contributed by atoms with Gasteiger partial charge >= 0.3 is 0 Å². The van der Waals surface area contributed by atoms with Crippen molar-refractivity contribution in [1.29, 1.82) is 5.26 Å². The summed E-state index contributed by atoms with van der Waals surface area (Å²) in [6.45, 7) is 0.668. The zero-order valence-corrected chi connectivity index (χ0v) is 12.2. The fourth-order valence-corrected chi connectivity index (χ4v) is 2.67. The van der Waals surface area contributed by atoms with E-state index in [-0.39, 0.29) is 0 Å². The van der Waals surface area contributed by atoms with E-state index in [9.17, 15) is 5.26 Å². The third-order valence-corrected chi connectivity index (χ3v) is 3.67. The maximum atomic E-state index is 9.33. The van der Waals surface area contributed by atoms with Gasteiger partial charge in [-0.15, -0.1) is 0 Å². The molecule has 0 amide bonds. The van der Waals surface area contributed by atoms with Crippen LogP contribution in [-0.2, 0) is 6.54 Å². The second-order valence-corrected chi connectivity index (χ2v) is 5.43. The van der Waals surface area contributed by atoms with Gasteiger partial charge in [0.25, 0.3) is 0 Å². The van der Waals surface area contributed by atoms with Gasteiger partial charge in [-0.2, -0.15) is 5.26 Å². The van der Waals surface area contributed by atoms with Crippen LogP contribution in [0.15, 0.2) is 53.0 Å². The standard InChI is InChI=1S/C16H12BrN3/c17-12-5-3-4-11(8-12)10-19-16-14(9-18)13-6-1-2-7-15(13)20-16/h1-8,19-20H,10H2. The van der Waals surface area contributed by atoms with Crippen LogP contribution in [0.2, 0.25) is 0 Å². The first-order valence-corrected chi connectivity index (χ1v) is 7.06. The normalized spacial score (nSPS) is 10.4. The summed E-state index contributed by atoms with van der Waals surface area (Å²) < 4.78 is 1.05. The lowest BCUT2D eigenvalue weighted by atomic mass is 10.2. The van der Waals surface area contributed by atoms with Crippen LogP contribution in [0.25, 0.3) is 10.9 Å². The van der Waals surface area contributed by atoms with Crippen LogP contribution in [0.4, 0.5) is 5.82 Å². The van der Waals surface area contributed by atoms with Crippen LogP contribution in [0.1, 0.15) is 11.1 Å². The van der Waals surface area contributed by atoms with Gasteiger partial charge in [-0.25, -0.2) is 0 Å². The van der Waals surface area contributed by atoms with Gasteiger partial charge in [0.2, 0.25) is 0 Å². The Hall–Kier alpha value is -2.25. The van der Waals surface area contributed by atoms with Crippen molar-refractivity contribution in [3.63, 3.8) is 0 Å². The topological polar surface area (TPSA) is 51.6 Å². The molecule has 98 valence electrons. The van der Waals surface area contributed by atoms with E-state index in [0.29, 0.717) is 12.1 Å². The SMILES string of the molecule is N#Cc1c(NCc2cccc(Br)c2)[nH]c2ccccc12. The van der Waals surface area contributed by atoms with E-state index in [1.165, 1.54) is 0 Å². The van der Waals surface area contributed by atoms with Crippen molar-refractivity contribution >= 4 is 32.7 Å². The number of hydrogen-bond donors (Lipinski definition) is 2. The molecule has 0 unspecified atom stereocenters. The van der Waals surface area contributed by atoms with Crippen LogP contribution < -0.4 is 5.32 Å². The van der Waals surface area contributed by atoms with Crippen molar-refractivity contribution in [3.8, 4) is 6.07 Å². The molecule has 0 radical (unpaired) electrons. The predicted molar refractivity (Wildman–Crippen MR) is 84.5 cm³/mol. The second-order valence-electron chi connectivity index (χ2n) is 4.52. The van der Waals surface area contributed by atoms with Crippen molar-refractivity contribution in [3.05, 3.63) is 64.1 Å². The number of hydrogen-bond acceptors (Lipinski definition) is 2. The summed E-state index contributed by atoms with van der Waals surface area (Å²) in [4.78, 5) is 3.25. The van der Waals surface area contributed by atoms with E-state index in [1.807, 2.05) is 42.5 Å². The minimum atomic E-state index is 0.663. The van der Waals surface area contributed by atoms with Crippen molar-refractivity contribution in [2.24, 2.45) is 0 Å². The quantitative estimate of drug-likeness (QED) is 0.749. The first kappa shape index (κ1) is 12.8. The number of benzene rings is 2. The Balaban J connectivity index is 1.90. The number of aromatic amines is 1. The van der Waals surface area contributed by atoms with Crippen molar-refractivity contribution < 1.29 is 0 Å². The first-order chi connectivity index (χ1) is 9.78. The molecule has 0 aliphatic rings. The van der Waals surface area contributed by atoms with Gasteiger partial charge in [0, 0.05) is 21.9 Å². The maximum Gasteiger partial charge on any atom is 0.122 e. The molecule has 0 saturated carbocycles. The Morgan fingerprint density at radius 1 is 1.15 bits per heavy atom. The van der Waals surface area contributed by atoms with Gasteiger partial charge in [-0.3, -0.25) is 0 Å². The Morgan fingerprint density at radius 2 is 2.00 bits per heavy atom. The molecule has 0 spiro atoms. The number of H-pyrrole nitrogens is 1. The average Bonchev–Trinajstić information content (AvgIpc) is 2.82. The number of para-hydroxylation sites is 1. The highest BCUT2D eigenvalue weighted by Crippen LogP contribution is 2.25. The molecule has 2 aromatic carbocycles. The average molecular weight is 326 g/mol. The molecule has 2 N–H and O–H groups in total. The molecule has 0 saturated heterocycles. The van der Waals surface area contributed by atoms with Crippen molar-refractivity contribution in [2.75, 3.05) is 5.32 Å². The molecule has 0 aliphatic heterocycles. The molecule has 3 rings (SSSR count). The maximum absolute atomic E-state index is 9.33. The summed E-state index contributed by atoms with van der Waals surface area (Å²) in [5.74, 6) is 0.772. The molecule has 3 nitrogen and oxygen atoms in total. The van der Waals surface area contributed by atoms with Gasteiger partial charge in [0.15, 0.2) is 0 Å². The number of nitriles is 1. The smallest absolute Gasteiger partial charge is 0.122 e. The minimum Gasteiger partial charge on any atom is -0.366 e. The zero-order chi connectivity index (χ0) is 13.9. The number of rotatable bonds is 3. The molecular formula is C16H12BrN3. The Labute approximate surface area is 125 Å². The molecule has 20 heavy (non-hydrogen) atoms. The second kappa shape index (κ2) is 5.40. The van der Waals surface area contributed by atoms with Crippen molar-refractivity contribution in [1.82, 2.24) is 4.98 Å². The predicted octanol–water partition coefficient (Wildman–Crippen LogP) is 4.41. The Morgan fingerprint density at radius 3 is 2.80 bits per heavy atom. The third kappa shape index (κ3) is 2.40. The van der Waals surface area contributed by atoms with Gasteiger partial charge in [0.05, 0.1) is 0 Å². The minimum absolute atomic E-state index is 0.663. The summed E-state index contributed by atoms with van der Waals surface area (Å²) in [6.07, 6.45) is 0. The van der Waals surface area contributed by atoms with E-state index in [0.717, 1.165) is 26.8 Å². The number of nitrogens with zero attached hydrogens (tertiary/aromatic N) is 1. The molecule has 0 atom stereocenters. The summed E-state index contributed by atoms with van der Waals surface area (Å²) in [5, 5.41) is 13.6. The van der Waals surface area contributed by atoms with Gasteiger partial charge < -0.3 is 10.3 Å². The first-order valence-electron chi connectivity index (χ1n) is 6.27. The van der Waals surface area contributed by atoms with Crippen LogP contribution in [0, 0.1) is 11.3 Å². The Bertz CT molecular complexity index is 799. The summed E-state index contributed by atoms with van der Waals surface area (Å²) in [7, 11) is 0. The van der Waals surface area contributed by atoms with E-state index < -0.39 is 0 Å². The largest absolute Gasteiger partial charge is 0.366 e. The van der Waals surface area contributed by atoms with E-state index in [4.69, 9.17) is 0 Å². The molecular weight excluding hydrogens is 314 g/mol. The molecule has 0 fully saturated rings. The van der Waals surface area contributed by atoms with Crippen LogP contribution in [0.3, 0.4) is 0 Å². The summed E-state index contributed by atoms with van der Waals surface area (Å²) in [5.41, 5.74) is 2.79. The summed E-state index contributed by atoms with van der Waals surface area (Å²) >= 11 is 3.46. The highest BCUT2D eigenvalue weighted by Gasteiger charge is 2.10. The Kier molecular flexibility index (Phi) is 3.44. The lowest BCUT2D eigenvalue weighted by Gasteiger charge is -2.05. The number of aromatic nitrogens is 1. The lowest BCUT2D eigenvalue weighted by Crippen LogP contribution is -2.00.